The fourth-order valence-corrected chi connectivity index (χ4v) is 2.39. The Hall–Kier alpha value is -2.41. The van der Waals surface area contributed by atoms with Crippen LogP contribution in [0.4, 0.5) is 11.5 Å². The van der Waals surface area contributed by atoms with E-state index in [9.17, 15) is 5.26 Å². The molecule has 0 fully saturated rings. The van der Waals surface area contributed by atoms with Crippen LogP contribution in [0.25, 0.3) is 0 Å². The van der Waals surface area contributed by atoms with Crippen molar-refractivity contribution in [1.29, 1.82) is 5.26 Å². The van der Waals surface area contributed by atoms with Crippen molar-refractivity contribution in [2.24, 2.45) is 0 Å². The molecular weight excluding hydrogens is 260 g/mol. The second-order valence-electron chi connectivity index (χ2n) is 4.85. The van der Waals surface area contributed by atoms with Crippen molar-refractivity contribution in [2.75, 3.05) is 5.32 Å². The third-order valence-corrected chi connectivity index (χ3v) is 3.56. The lowest BCUT2D eigenvalue weighted by atomic mass is 10.0. The number of anilines is 2. The van der Waals surface area contributed by atoms with Crippen molar-refractivity contribution in [2.45, 2.75) is 40.0 Å². The van der Waals surface area contributed by atoms with Crippen LogP contribution in [0, 0.1) is 11.3 Å². The van der Waals surface area contributed by atoms with Crippen LogP contribution >= 0.6 is 0 Å². The van der Waals surface area contributed by atoms with Crippen LogP contribution in [-0.4, -0.2) is 10.2 Å². The minimum atomic E-state index is 0.541. The third kappa shape index (κ3) is 3.19. The summed E-state index contributed by atoms with van der Waals surface area (Å²) in [5.74, 6) is 0.541. The van der Waals surface area contributed by atoms with E-state index in [2.05, 4.69) is 40.6 Å². The average Bonchev–Trinajstić information content (AvgIpc) is 2.54. The first-order valence-corrected chi connectivity index (χ1v) is 7.37. The zero-order valence-electron chi connectivity index (χ0n) is 12.8. The van der Waals surface area contributed by atoms with Gasteiger partial charge in [-0.2, -0.15) is 10.4 Å². The minimum absolute atomic E-state index is 0.541. The van der Waals surface area contributed by atoms with Crippen LogP contribution in [0.1, 0.15) is 43.2 Å². The lowest BCUT2D eigenvalue weighted by molar-refractivity contribution is 0.877. The Morgan fingerprint density at radius 2 is 1.90 bits per heavy atom. The number of hydrogen-bond donors (Lipinski definition) is 1. The Morgan fingerprint density at radius 3 is 2.52 bits per heavy atom. The lowest BCUT2D eigenvalue weighted by Crippen LogP contribution is -2.07. The molecule has 1 heterocycles. The maximum atomic E-state index is 9.47. The number of aromatic nitrogens is 2. The third-order valence-electron chi connectivity index (χ3n) is 3.56. The van der Waals surface area contributed by atoms with Gasteiger partial charge in [-0.25, -0.2) is 0 Å². The van der Waals surface area contributed by atoms with Gasteiger partial charge >= 0.3 is 0 Å². The summed E-state index contributed by atoms with van der Waals surface area (Å²) in [7, 11) is 0. The molecule has 2 aromatic rings. The monoisotopic (exact) mass is 280 g/mol. The number of nitrogens with one attached hydrogen (secondary N) is 1. The van der Waals surface area contributed by atoms with Gasteiger partial charge in [0, 0.05) is 5.69 Å². The van der Waals surface area contributed by atoms with Crippen molar-refractivity contribution in [1.82, 2.24) is 10.2 Å². The summed E-state index contributed by atoms with van der Waals surface area (Å²) < 4.78 is 0. The zero-order chi connectivity index (χ0) is 15.2. The van der Waals surface area contributed by atoms with Crippen LogP contribution in [0.5, 0.6) is 0 Å². The molecule has 0 saturated carbocycles. The molecule has 108 valence electrons. The second kappa shape index (κ2) is 6.85. The Balaban J connectivity index is 2.42. The van der Waals surface area contributed by atoms with Gasteiger partial charge in [-0.15, -0.1) is 5.10 Å². The Morgan fingerprint density at radius 1 is 1.10 bits per heavy atom. The predicted molar refractivity (Wildman–Crippen MR) is 84.6 cm³/mol. The fraction of sp³-hybridized carbons (Fsp3) is 0.353. The molecule has 4 nitrogen and oxygen atoms in total. The molecule has 0 atom stereocenters. The average molecular weight is 280 g/mol. The standard InChI is InChI=1S/C17H20N4/c1-4-12-8-7-9-13(10-12)19-17-15(11-18)14(5-2)16(6-3)20-21-17/h7-10H,4-6H2,1-3H3,(H,19,21). The van der Waals surface area contributed by atoms with Crippen molar-refractivity contribution in [3.8, 4) is 6.07 Å². The molecular formula is C17H20N4. The highest BCUT2D eigenvalue weighted by atomic mass is 15.2. The van der Waals surface area contributed by atoms with Crippen LogP contribution < -0.4 is 5.32 Å². The molecule has 0 spiro atoms. The first-order chi connectivity index (χ1) is 10.2. The number of benzene rings is 1. The Kier molecular flexibility index (Phi) is 4.89. The first kappa shape index (κ1) is 15.0. The molecule has 1 aromatic heterocycles. The van der Waals surface area contributed by atoms with Crippen LogP contribution in [-0.2, 0) is 19.3 Å². The Labute approximate surface area is 125 Å². The molecule has 0 aliphatic heterocycles. The van der Waals surface area contributed by atoms with Gasteiger partial charge < -0.3 is 5.32 Å². The number of nitriles is 1. The summed E-state index contributed by atoms with van der Waals surface area (Å²) in [6.07, 6.45) is 2.54. The number of hydrogen-bond acceptors (Lipinski definition) is 4. The summed E-state index contributed by atoms with van der Waals surface area (Å²) in [6, 6.07) is 10.4. The summed E-state index contributed by atoms with van der Waals surface area (Å²) in [4.78, 5) is 0. The highest BCUT2D eigenvalue weighted by Gasteiger charge is 2.14. The first-order valence-electron chi connectivity index (χ1n) is 7.37. The summed E-state index contributed by atoms with van der Waals surface area (Å²) in [5.41, 5.74) is 4.68. The van der Waals surface area contributed by atoms with E-state index in [-0.39, 0.29) is 0 Å². The van der Waals surface area contributed by atoms with Crippen molar-refractivity contribution < 1.29 is 0 Å². The highest BCUT2D eigenvalue weighted by Crippen LogP contribution is 2.23. The van der Waals surface area contributed by atoms with E-state index < -0.39 is 0 Å². The lowest BCUT2D eigenvalue weighted by Gasteiger charge is -2.12. The molecule has 0 aliphatic carbocycles. The molecule has 1 N–H and O–H groups in total. The quantitative estimate of drug-likeness (QED) is 0.905. The van der Waals surface area contributed by atoms with Gasteiger partial charge in [0.15, 0.2) is 5.82 Å². The van der Waals surface area contributed by atoms with E-state index in [1.807, 2.05) is 26.0 Å². The molecule has 0 bridgehead atoms. The SMILES string of the molecule is CCc1cccc(Nc2nnc(CC)c(CC)c2C#N)c1. The van der Waals surface area contributed by atoms with Crippen molar-refractivity contribution in [3.05, 3.63) is 46.6 Å². The van der Waals surface area contributed by atoms with E-state index in [0.717, 1.165) is 36.2 Å². The largest absolute Gasteiger partial charge is 0.338 e. The molecule has 0 radical (unpaired) electrons. The number of nitrogens with zero attached hydrogens (tertiary/aromatic N) is 3. The van der Waals surface area contributed by atoms with Gasteiger partial charge in [-0.05, 0) is 42.5 Å². The second-order valence-corrected chi connectivity index (χ2v) is 4.85. The maximum Gasteiger partial charge on any atom is 0.171 e. The summed E-state index contributed by atoms with van der Waals surface area (Å²) >= 11 is 0. The van der Waals surface area contributed by atoms with Crippen molar-refractivity contribution in [3.63, 3.8) is 0 Å². The van der Waals surface area contributed by atoms with E-state index in [4.69, 9.17) is 0 Å². The van der Waals surface area contributed by atoms with Crippen molar-refractivity contribution >= 4 is 11.5 Å². The Bertz CT molecular complexity index is 671. The van der Waals surface area contributed by atoms with E-state index >= 15 is 0 Å². The van der Waals surface area contributed by atoms with E-state index in [1.54, 1.807) is 0 Å². The summed E-state index contributed by atoms with van der Waals surface area (Å²) in [6.45, 7) is 6.19. The highest BCUT2D eigenvalue weighted by molar-refractivity contribution is 5.65. The molecule has 0 aliphatic rings. The molecule has 0 unspecified atom stereocenters. The fourth-order valence-electron chi connectivity index (χ4n) is 2.39. The van der Waals surface area contributed by atoms with Crippen LogP contribution in [0.15, 0.2) is 24.3 Å². The van der Waals surface area contributed by atoms with Gasteiger partial charge in [-0.1, -0.05) is 32.9 Å². The van der Waals surface area contributed by atoms with Gasteiger partial charge in [-0.3, -0.25) is 0 Å². The zero-order valence-corrected chi connectivity index (χ0v) is 12.8. The summed E-state index contributed by atoms with van der Waals surface area (Å²) in [5, 5.41) is 21.1. The van der Waals surface area contributed by atoms with Gasteiger partial charge in [0.1, 0.15) is 11.6 Å². The molecule has 0 saturated heterocycles. The maximum absolute atomic E-state index is 9.47. The molecule has 0 amide bonds. The predicted octanol–water partition coefficient (Wildman–Crippen LogP) is 3.78. The minimum Gasteiger partial charge on any atom is -0.338 e. The number of aryl methyl sites for hydroxylation is 2. The van der Waals surface area contributed by atoms with Gasteiger partial charge in [0.2, 0.25) is 0 Å². The molecule has 2 rings (SSSR count). The van der Waals surface area contributed by atoms with Crippen LogP contribution in [0.3, 0.4) is 0 Å². The van der Waals surface area contributed by atoms with Crippen LogP contribution in [0.2, 0.25) is 0 Å². The topological polar surface area (TPSA) is 61.6 Å². The van der Waals surface area contributed by atoms with E-state index in [0.29, 0.717) is 11.4 Å². The molecule has 21 heavy (non-hydrogen) atoms. The molecule has 1 aromatic carbocycles. The molecule has 4 heteroatoms. The van der Waals surface area contributed by atoms with E-state index in [1.165, 1.54) is 5.56 Å². The van der Waals surface area contributed by atoms with Gasteiger partial charge in [0.25, 0.3) is 0 Å². The van der Waals surface area contributed by atoms with Gasteiger partial charge in [0.05, 0.1) is 5.69 Å². The smallest absolute Gasteiger partial charge is 0.171 e. The number of rotatable bonds is 5. The normalized spacial score (nSPS) is 10.2.